The van der Waals surface area contributed by atoms with Crippen molar-refractivity contribution in [2.24, 2.45) is 11.8 Å². The number of rotatable bonds is 11. The lowest BCUT2D eigenvalue weighted by atomic mass is 9.91. The molecule has 0 aliphatic heterocycles. The zero-order valence-electron chi connectivity index (χ0n) is 23.7. The molecule has 0 aliphatic rings. The van der Waals surface area contributed by atoms with Crippen molar-refractivity contribution in [1.82, 2.24) is 9.97 Å². The average molecular weight is 494 g/mol. The molecule has 0 radical (unpaired) electrons. The van der Waals surface area contributed by atoms with Crippen molar-refractivity contribution in [3.05, 3.63) is 60.1 Å². The highest BCUT2D eigenvalue weighted by atomic mass is 16.3. The maximum Gasteiger partial charge on any atom is 0.228 e. The van der Waals surface area contributed by atoms with Crippen LogP contribution in [0.1, 0.15) is 93.2 Å². The van der Waals surface area contributed by atoms with Crippen molar-refractivity contribution in [1.29, 1.82) is 0 Å². The van der Waals surface area contributed by atoms with E-state index in [1.54, 1.807) is 6.20 Å². The molecule has 2 rings (SSSR count). The molecular formula is C31H47N3O2. The van der Waals surface area contributed by atoms with Crippen molar-refractivity contribution < 1.29 is 9.90 Å². The Morgan fingerprint density at radius 2 is 1.67 bits per heavy atom. The third-order valence-corrected chi connectivity index (χ3v) is 6.31. The number of carbonyl (C=O) groups excluding carboxylic acids is 1. The van der Waals surface area contributed by atoms with Crippen molar-refractivity contribution >= 4 is 28.1 Å². The maximum atomic E-state index is 12.7. The summed E-state index contributed by atoms with van der Waals surface area (Å²) in [6.07, 6.45) is 11.6. The van der Waals surface area contributed by atoms with Gasteiger partial charge in [-0.3, -0.25) is 9.78 Å². The van der Waals surface area contributed by atoms with E-state index in [-0.39, 0.29) is 11.8 Å². The number of aliphatic hydroxyl groups excluding tert-OH is 1. The molecule has 0 aromatic carbocycles. The lowest BCUT2D eigenvalue weighted by Crippen LogP contribution is -2.24. The van der Waals surface area contributed by atoms with E-state index >= 15 is 0 Å². The Hall–Kier alpha value is -2.79. The number of anilines is 1. The smallest absolute Gasteiger partial charge is 0.228 e. The molecule has 2 heterocycles. The number of nitrogens with zero attached hydrogens (tertiary/aromatic N) is 2. The van der Waals surface area contributed by atoms with E-state index in [1.807, 2.05) is 51.3 Å². The molecule has 0 aliphatic carbocycles. The average Bonchev–Trinajstić information content (AvgIpc) is 2.87. The summed E-state index contributed by atoms with van der Waals surface area (Å²) < 4.78 is 0. The topological polar surface area (TPSA) is 75.1 Å². The van der Waals surface area contributed by atoms with Crippen LogP contribution in [0, 0.1) is 11.8 Å². The lowest BCUT2D eigenvalue weighted by Gasteiger charge is -2.18. The summed E-state index contributed by atoms with van der Waals surface area (Å²) in [6, 6.07) is 3.87. The molecule has 0 saturated carbocycles. The summed E-state index contributed by atoms with van der Waals surface area (Å²) in [4.78, 5) is 21.9. The van der Waals surface area contributed by atoms with Crippen LogP contribution in [0.2, 0.25) is 0 Å². The van der Waals surface area contributed by atoms with Gasteiger partial charge in [0.15, 0.2) is 0 Å². The van der Waals surface area contributed by atoms with Crippen molar-refractivity contribution in [2.75, 3.05) is 5.32 Å². The minimum absolute atomic E-state index is 0.00839. The van der Waals surface area contributed by atoms with Gasteiger partial charge in [0.2, 0.25) is 5.91 Å². The molecule has 1 amide bonds. The number of allylic oxidation sites excluding steroid dienone is 3. The first-order valence-electron chi connectivity index (χ1n) is 13.4. The second-order valence-corrected chi connectivity index (χ2v) is 9.57. The Bertz CT molecular complexity index is 1050. The van der Waals surface area contributed by atoms with Gasteiger partial charge in [-0.1, -0.05) is 73.1 Å². The summed E-state index contributed by atoms with van der Waals surface area (Å²) in [5, 5.41) is 14.9. The van der Waals surface area contributed by atoms with Crippen molar-refractivity contribution in [2.45, 2.75) is 93.6 Å². The summed E-state index contributed by atoms with van der Waals surface area (Å²) in [6.45, 7) is 20.5. The molecule has 2 N–H and O–H groups in total. The molecule has 2 aromatic heterocycles. The largest absolute Gasteiger partial charge is 0.388 e. The minimum Gasteiger partial charge on any atom is -0.388 e. The number of hydrogen-bond acceptors (Lipinski definition) is 4. The molecule has 2 aromatic rings. The van der Waals surface area contributed by atoms with Crippen LogP contribution < -0.4 is 5.32 Å². The molecule has 198 valence electrons. The highest BCUT2D eigenvalue weighted by Crippen LogP contribution is 2.27. The van der Waals surface area contributed by atoms with E-state index in [0.29, 0.717) is 23.7 Å². The van der Waals surface area contributed by atoms with Crippen LogP contribution in [0.25, 0.3) is 16.3 Å². The Balaban J connectivity index is 0.00000205. The van der Waals surface area contributed by atoms with Gasteiger partial charge in [-0.2, -0.15) is 0 Å². The Morgan fingerprint density at radius 1 is 1.06 bits per heavy atom. The van der Waals surface area contributed by atoms with Gasteiger partial charge in [0.25, 0.3) is 0 Å². The number of aliphatic hydroxyl groups is 1. The van der Waals surface area contributed by atoms with Crippen molar-refractivity contribution in [3.8, 4) is 0 Å². The van der Waals surface area contributed by atoms with Gasteiger partial charge in [-0.05, 0) is 67.9 Å². The normalized spacial score (nSPS) is 14.5. The Labute approximate surface area is 218 Å². The molecule has 3 unspecified atom stereocenters. The molecule has 0 fully saturated rings. The van der Waals surface area contributed by atoms with Crippen LogP contribution >= 0.6 is 0 Å². The van der Waals surface area contributed by atoms with Crippen molar-refractivity contribution in [3.63, 3.8) is 0 Å². The van der Waals surface area contributed by atoms with Gasteiger partial charge in [0.05, 0.1) is 11.8 Å². The Kier molecular flexibility index (Phi) is 13.9. The number of pyridine rings is 2. The van der Waals surface area contributed by atoms with Gasteiger partial charge in [-0.15, -0.1) is 0 Å². The summed E-state index contributed by atoms with van der Waals surface area (Å²) in [5.41, 5.74) is 3.49. The van der Waals surface area contributed by atoms with Crippen LogP contribution in [0.4, 0.5) is 5.82 Å². The summed E-state index contributed by atoms with van der Waals surface area (Å²) in [5.74, 6) is 1.09. The zero-order valence-corrected chi connectivity index (χ0v) is 23.7. The third-order valence-electron chi connectivity index (χ3n) is 6.31. The second-order valence-electron chi connectivity index (χ2n) is 9.57. The molecule has 5 nitrogen and oxygen atoms in total. The molecule has 3 atom stereocenters. The first-order valence-corrected chi connectivity index (χ1v) is 13.4. The van der Waals surface area contributed by atoms with Gasteiger partial charge >= 0.3 is 0 Å². The number of carbonyl (C=O) groups is 1. The highest BCUT2D eigenvalue weighted by molar-refractivity contribution is 5.94. The summed E-state index contributed by atoms with van der Waals surface area (Å²) >= 11 is 0. The van der Waals surface area contributed by atoms with E-state index in [2.05, 4.69) is 56.5 Å². The first-order chi connectivity index (χ1) is 17.1. The van der Waals surface area contributed by atoms with Gasteiger partial charge in [0.1, 0.15) is 5.82 Å². The zero-order chi connectivity index (χ0) is 27.3. The van der Waals surface area contributed by atoms with E-state index in [4.69, 9.17) is 0 Å². The second kappa shape index (κ2) is 16.1. The number of nitrogens with one attached hydrogen (secondary N) is 1. The fourth-order valence-electron chi connectivity index (χ4n) is 3.88. The number of fused-ring (bicyclic) bond motifs is 1. The first kappa shape index (κ1) is 31.2. The van der Waals surface area contributed by atoms with Crippen LogP contribution in [-0.2, 0) is 4.79 Å². The van der Waals surface area contributed by atoms with Gasteiger partial charge in [-0.25, -0.2) is 4.98 Å². The minimum atomic E-state index is -0.544. The number of amides is 1. The van der Waals surface area contributed by atoms with Gasteiger partial charge in [0, 0.05) is 29.1 Å². The fraction of sp³-hybridized carbons (Fsp3) is 0.516. The lowest BCUT2D eigenvalue weighted by molar-refractivity contribution is -0.120. The highest BCUT2D eigenvalue weighted by Gasteiger charge is 2.19. The molecular weight excluding hydrogens is 446 g/mol. The van der Waals surface area contributed by atoms with Crippen LogP contribution in [-0.4, -0.2) is 27.1 Å². The SMILES string of the molecule is C=C(/C=C(C)\C(=C/C)c1cc2cnc(NC(=O)C(CC)CC(C)CC)cc2cn1)C(O)CC.CCC. The van der Waals surface area contributed by atoms with Crippen LogP contribution in [0.5, 0.6) is 0 Å². The predicted octanol–water partition coefficient (Wildman–Crippen LogP) is 8.12. The van der Waals surface area contributed by atoms with E-state index in [9.17, 15) is 9.90 Å². The van der Waals surface area contributed by atoms with Gasteiger partial charge < -0.3 is 10.4 Å². The van der Waals surface area contributed by atoms with E-state index in [0.717, 1.165) is 46.9 Å². The number of aromatic nitrogens is 2. The molecule has 0 bridgehead atoms. The Morgan fingerprint density at radius 3 is 2.22 bits per heavy atom. The fourth-order valence-corrected chi connectivity index (χ4v) is 3.88. The van der Waals surface area contributed by atoms with E-state index in [1.165, 1.54) is 6.42 Å². The quantitative estimate of drug-likeness (QED) is 0.310. The van der Waals surface area contributed by atoms with Crippen LogP contribution in [0.15, 0.2) is 54.4 Å². The molecule has 5 heteroatoms. The standard InChI is InChI=1S/C28H39N3O2.C3H8/c1-8-18(5)12-21(9-2)28(33)31-27-15-23-16-29-25(14-22(23)17-30-27)24(10-3)19(6)13-20(7)26(32)11-4;1-3-2/h10,13-18,21,26,32H,7-9,11-12H2,1-6H3,(H,30,31,33);3H2,1-2H3/b19-13-,24-10+;. The maximum absolute atomic E-state index is 12.7. The molecule has 0 saturated heterocycles. The van der Waals surface area contributed by atoms with E-state index < -0.39 is 6.10 Å². The molecule has 0 spiro atoms. The number of hydrogen-bond donors (Lipinski definition) is 2. The third kappa shape index (κ3) is 9.34. The monoisotopic (exact) mass is 493 g/mol. The molecule has 36 heavy (non-hydrogen) atoms. The summed E-state index contributed by atoms with van der Waals surface area (Å²) in [7, 11) is 0. The predicted molar refractivity (Wildman–Crippen MR) is 155 cm³/mol. The van der Waals surface area contributed by atoms with Crippen LogP contribution in [0.3, 0.4) is 0 Å².